The predicted molar refractivity (Wildman–Crippen MR) is 63.6 cm³/mol. The fraction of sp³-hybridized carbons (Fsp3) is 0.500. The van der Waals surface area contributed by atoms with Gasteiger partial charge in [-0.2, -0.15) is 0 Å². The molecule has 1 N–H and O–H groups in total. The summed E-state index contributed by atoms with van der Waals surface area (Å²) in [6, 6.07) is 5.73. The summed E-state index contributed by atoms with van der Waals surface area (Å²) in [5, 5.41) is 9.48. The highest BCUT2D eigenvalue weighted by atomic mass is 35.5. The van der Waals surface area contributed by atoms with E-state index in [1.165, 1.54) is 0 Å². The number of benzene rings is 1. The molecule has 1 aromatic carbocycles. The van der Waals surface area contributed by atoms with E-state index in [0.29, 0.717) is 11.4 Å². The zero-order chi connectivity index (χ0) is 12.0. The van der Waals surface area contributed by atoms with Crippen LogP contribution in [-0.4, -0.2) is 25.6 Å². The summed E-state index contributed by atoms with van der Waals surface area (Å²) in [7, 11) is 1.58. The van der Waals surface area contributed by atoms with Gasteiger partial charge in [0.25, 0.3) is 0 Å². The molecule has 0 aromatic heterocycles. The van der Waals surface area contributed by atoms with E-state index in [-0.39, 0.29) is 19.5 Å². The van der Waals surface area contributed by atoms with Crippen LogP contribution in [0.5, 0.6) is 0 Å². The summed E-state index contributed by atoms with van der Waals surface area (Å²) in [5.74, 6) is 0. The Morgan fingerprint density at radius 1 is 1.44 bits per heavy atom. The molecule has 0 amide bonds. The third-order valence-electron chi connectivity index (χ3n) is 2.34. The Balaban J connectivity index is 2.73. The van der Waals surface area contributed by atoms with E-state index in [1.807, 2.05) is 25.1 Å². The summed E-state index contributed by atoms with van der Waals surface area (Å²) < 4.78 is 10.2. The molecule has 1 rings (SSSR count). The van der Waals surface area contributed by atoms with Crippen molar-refractivity contribution in [2.75, 3.05) is 20.5 Å². The Hall–Kier alpha value is -0.610. The quantitative estimate of drug-likeness (QED) is 0.782. The lowest BCUT2D eigenvalue weighted by atomic mass is 10.1. The molecule has 0 fully saturated rings. The average Bonchev–Trinajstić information content (AvgIpc) is 2.26. The van der Waals surface area contributed by atoms with E-state index in [1.54, 1.807) is 7.11 Å². The molecular formula is C12H17ClO3. The second kappa shape index (κ2) is 6.86. The monoisotopic (exact) mass is 244 g/mol. The van der Waals surface area contributed by atoms with Crippen molar-refractivity contribution in [1.82, 2.24) is 0 Å². The minimum absolute atomic E-state index is 0.101. The van der Waals surface area contributed by atoms with Crippen molar-refractivity contribution in [2.24, 2.45) is 0 Å². The molecule has 0 saturated heterocycles. The Morgan fingerprint density at radius 3 is 2.75 bits per heavy atom. The van der Waals surface area contributed by atoms with Gasteiger partial charge in [0.05, 0.1) is 6.10 Å². The van der Waals surface area contributed by atoms with E-state index >= 15 is 0 Å². The van der Waals surface area contributed by atoms with Gasteiger partial charge in [0.15, 0.2) is 0 Å². The summed E-state index contributed by atoms with van der Waals surface area (Å²) in [4.78, 5) is 0. The highest BCUT2D eigenvalue weighted by molar-refractivity contribution is 6.31. The molecule has 0 bridgehead atoms. The Morgan fingerprint density at radius 2 is 2.19 bits per heavy atom. The smallest absolute Gasteiger partial charge is 0.147 e. The Kier molecular flexibility index (Phi) is 5.77. The zero-order valence-corrected chi connectivity index (χ0v) is 10.3. The minimum Gasteiger partial charge on any atom is -0.396 e. The number of halogens is 1. The fourth-order valence-corrected chi connectivity index (χ4v) is 1.80. The SMILES string of the molecule is COCO[C@@H](C)c1ccc(CCO)cc1Cl. The number of hydrogen-bond acceptors (Lipinski definition) is 3. The van der Waals surface area contributed by atoms with E-state index < -0.39 is 0 Å². The van der Waals surface area contributed by atoms with Gasteiger partial charge in [-0.25, -0.2) is 0 Å². The van der Waals surface area contributed by atoms with Gasteiger partial charge >= 0.3 is 0 Å². The van der Waals surface area contributed by atoms with Crippen LogP contribution in [0, 0.1) is 0 Å². The standard InChI is InChI=1S/C12H17ClO3/c1-9(16-8-15-2)11-4-3-10(5-6-14)7-12(11)13/h3-4,7,9,14H,5-6,8H2,1-2H3/t9-/m0/s1. The van der Waals surface area contributed by atoms with E-state index in [4.69, 9.17) is 26.2 Å². The first-order valence-corrected chi connectivity index (χ1v) is 5.56. The zero-order valence-electron chi connectivity index (χ0n) is 9.57. The van der Waals surface area contributed by atoms with Gasteiger partial charge in [0, 0.05) is 18.7 Å². The second-order valence-electron chi connectivity index (χ2n) is 3.54. The lowest BCUT2D eigenvalue weighted by Crippen LogP contribution is -2.04. The van der Waals surface area contributed by atoms with Crippen LogP contribution in [0.25, 0.3) is 0 Å². The van der Waals surface area contributed by atoms with Gasteiger partial charge in [0.2, 0.25) is 0 Å². The molecule has 0 saturated carbocycles. The molecule has 1 aromatic rings. The minimum atomic E-state index is -0.101. The van der Waals surface area contributed by atoms with Crippen molar-refractivity contribution in [3.8, 4) is 0 Å². The first-order chi connectivity index (χ1) is 7.69. The van der Waals surface area contributed by atoms with Crippen LogP contribution in [0.15, 0.2) is 18.2 Å². The third-order valence-corrected chi connectivity index (χ3v) is 2.67. The van der Waals surface area contributed by atoms with E-state index in [9.17, 15) is 0 Å². The molecule has 3 nitrogen and oxygen atoms in total. The number of aliphatic hydroxyl groups excluding tert-OH is 1. The van der Waals surface area contributed by atoms with Crippen molar-refractivity contribution < 1.29 is 14.6 Å². The van der Waals surface area contributed by atoms with Crippen LogP contribution in [0.4, 0.5) is 0 Å². The van der Waals surface area contributed by atoms with Crippen molar-refractivity contribution in [3.05, 3.63) is 34.3 Å². The van der Waals surface area contributed by atoms with E-state index in [0.717, 1.165) is 11.1 Å². The van der Waals surface area contributed by atoms with Gasteiger partial charge in [-0.1, -0.05) is 23.7 Å². The normalized spacial score (nSPS) is 12.8. The van der Waals surface area contributed by atoms with Crippen LogP contribution in [-0.2, 0) is 15.9 Å². The average molecular weight is 245 g/mol. The highest BCUT2D eigenvalue weighted by Gasteiger charge is 2.10. The topological polar surface area (TPSA) is 38.7 Å². The van der Waals surface area contributed by atoms with Gasteiger partial charge in [-0.05, 0) is 30.5 Å². The first kappa shape index (κ1) is 13.5. The number of ether oxygens (including phenoxy) is 2. The molecule has 0 aliphatic rings. The van der Waals surface area contributed by atoms with E-state index in [2.05, 4.69) is 0 Å². The maximum atomic E-state index is 8.82. The van der Waals surface area contributed by atoms with Crippen molar-refractivity contribution in [3.63, 3.8) is 0 Å². The van der Waals surface area contributed by atoms with Gasteiger partial charge < -0.3 is 14.6 Å². The predicted octanol–water partition coefficient (Wildman–Crippen LogP) is 2.56. The molecule has 16 heavy (non-hydrogen) atoms. The molecule has 4 heteroatoms. The van der Waals surface area contributed by atoms with Gasteiger partial charge in [-0.15, -0.1) is 0 Å². The Labute approximate surface area is 101 Å². The fourth-order valence-electron chi connectivity index (χ4n) is 1.44. The molecule has 0 aliphatic heterocycles. The van der Waals surface area contributed by atoms with Crippen LogP contribution < -0.4 is 0 Å². The maximum absolute atomic E-state index is 8.82. The molecule has 90 valence electrons. The highest BCUT2D eigenvalue weighted by Crippen LogP contribution is 2.26. The lowest BCUT2D eigenvalue weighted by Gasteiger charge is -2.14. The van der Waals surface area contributed by atoms with Crippen molar-refractivity contribution in [2.45, 2.75) is 19.4 Å². The molecule has 0 aliphatic carbocycles. The molecule has 0 unspecified atom stereocenters. The molecular weight excluding hydrogens is 228 g/mol. The number of hydrogen-bond donors (Lipinski definition) is 1. The van der Waals surface area contributed by atoms with Crippen LogP contribution in [0.1, 0.15) is 24.2 Å². The van der Waals surface area contributed by atoms with Crippen molar-refractivity contribution in [1.29, 1.82) is 0 Å². The van der Waals surface area contributed by atoms with Crippen LogP contribution in [0.2, 0.25) is 5.02 Å². The number of aliphatic hydroxyl groups is 1. The third kappa shape index (κ3) is 3.76. The Bertz CT molecular complexity index is 328. The second-order valence-corrected chi connectivity index (χ2v) is 3.95. The lowest BCUT2D eigenvalue weighted by molar-refractivity contribution is -0.0666. The molecule has 0 spiro atoms. The molecule has 0 heterocycles. The number of methoxy groups -OCH3 is 1. The van der Waals surface area contributed by atoms with Crippen LogP contribution in [0.3, 0.4) is 0 Å². The van der Waals surface area contributed by atoms with Crippen LogP contribution >= 0.6 is 11.6 Å². The maximum Gasteiger partial charge on any atom is 0.147 e. The largest absolute Gasteiger partial charge is 0.396 e. The summed E-state index contributed by atoms with van der Waals surface area (Å²) in [6.07, 6.45) is 0.517. The summed E-state index contributed by atoms with van der Waals surface area (Å²) in [6.45, 7) is 2.30. The molecule has 1 atom stereocenters. The first-order valence-electron chi connectivity index (χ1n) is 5.18. The summed E-state index contributed by atoms with van der Waals surface area (Å²) in [5.41, 5.74) is 1.95. The molecule has 0 radical (unpaired) electrons. The summed E-state index contributed by atoms with van der Waals surface area (Å²) >= 11 is 6.14. The van der Waals surface area contributed by atoms with Gasteiger partial charge in [-0.3, -0.25) is 0 Å². The number of rotatable bonds is 6. The van der Waals surface area contributed by atoms with Crippen molar-refractivity contribution >= 4 is 11.6 Å². The van der Waals surface area contributed by atoms with Gasteiger partial charge in [0.1, 0.15) is 6.79 Å².